The Kier molecular flexibility index (Phi) is 4.76. The fraction of sp³-hybridized carbons (Fsp3) is 0.125. The number of carbonyl (C=O) groups is 1. The van der Waals surface area contributed by atoms with Gasteiger partial charge in [-0.05, 0) is 40.8 Å². The van der Waals surface area contributed by atoms with Gasteiger partial charge in [0.2, 0.25) is 5.91 Å². The molecule has 0 aliphatic carbocycles. The molecule has 0 spiro atoms. The summed E-state index contributed by atoms with van der Waals surface area (Å²) < 4.78 is 20.1. The lowest BCUT2D eigenvalue weighted by Gasteiger charge is -2.09. The summed E-state index contributed by atoms with van der Waals surface area (Å²) in [4.78, 5) is 12.0. The predicted molar refractivity (Wildman–Crippen MR) is 84.3 cm³/mol. The SMILES string of the molecule is O=C(CCOc1ccccc1F)Nc1cccc(-n2cnnn2)c1. The van der Waals surface area contributed by atoms with Crippen LogP contribution in [-0.4, -0.2) is 32.7 Å². The highest BCUT2D eigenvalue weighted by atomic mass is 19.1. The van der Waals surface area contributed by atoms with E-state index < -0.39 is 5.82 Å². The molecule has 0 aliphatic heterocycles. The summed E-state index contributed by atoms with van der Waals surface area (Å²) in [5.74, 6) is -0.557. The first kappa shape index (κ1) is 15.6. The summed E-state index contributed by atoms with van der Waals surface area (Å²) in [6.45, 7) is 0.0828. The molecule has 0 bridgehead atoms. The highest BCUT2D eigenvalue weighted by Crippen LogP contribution is 2.16. The number of rotatable bonds is 6. The molecule has 1 heterocycles. The van der Waals surface area contributed by atoms with Gasteiger partial charge in [0.05, 0.1) is 18.7 Å². The number of para-hydroxylation sites is 1. The van der Waals surface area contributed by atoms with Crippen molar-refractivity contribution >= 4 is 11.6 Å². The van der Waals surface area contributed by atoms with Crippen molar-refractivity contribution in [1.29, 1.82) is 0 Å². The Hall–Kier alpha value is -3.29. The van der Waals surface area contributed by atoms with Crippen LogP contribution in [0, 0.1) is 5.82 Å². The van der Waals surface area contributed by atoms with Crippen LogP contribution in [0.1, 0.15) is 6.42 Å². The van der Waals surface area contributed by atoms with E-state index in [1.165, 1.54) is 23.1 Å². The molecule has 0 fully saturated rings. The van der Waals surface area contributed by atoms with Gasteiger partial charge in [-0.25, -0.2) is 9.07 Å². The lowest BCUT2D eigenvalue weighted by molar-refractivity contribution is -0.116. The molecule has 122 valence electrons. The molecule has 0 radical (unpaired) electrons. The second-order valence-electron chi connectivity index (χ2n) is 4.88. The van der Waals surface area contributed by atoms with E-state index in [-0.39, 0.29) is 24.7 Å². The molecule has 7 nitrogen and oxygen atoms in total. The Bertz CT molecular complexity index is 823. The molecule has 1 amide bonds. The van der Waals surface area contributed by atoms with Gasteiger partial charge in [-0.1, -0.05) is 18.2 Å². The molecule has 1 aromatic heterocycles. The van der Waals surface area contributed by atoms with E-state index in [0.717, 1.165) is 5.69 Å². The molecule has 0 unspecified atom stereocenters. The van der Waals surface area contributed by atoms with Crippen LogP contribution in [-0.2, 0) is 4.79 Å². The van der Waals surface area contributed by atoms with Gasteiger partial charge in [0.25, 0.3) is 0 Å². The number of carbonyl (C=O) groups excluding carboxylic acids is 1. The molecule has 0 saturated carbocycles. The van der Waals surface area contributed by atoms with Gasteiger partial charge >= 0.3 is 0 Å². The monoisotopic (exact) mass is 327 g/mol. The summed E-state index contributed by atoms with van der Waals surface area (Å²) in [6.07, 6.45) is 1.56. The number of amides is 1. The van der Waals surface area contributed by atoms with Crippen molar-refractivity contribution in [3.05, 3.63) is 60.7 Å². The van der Waals surface area contributed by atoms with E-state index in [0.29, 0.717) is 5.69 Å². The second kappa shape index (κ2) is 7.32. The highest BCUT2D eigenvalue weighted by Gasteiger charge is 2.06. The van der Waals surface area contributed by atoms with Crippen molar-refractivity contribution in [2.75, 3.05) is 11.9 Å². The topological polar surface area (TPSA) is 81.9 Å². The predicted octanol–water partition coefficient (Wildman–Crippen LogP) is 2.21. The van der Waals surface area contributed by atoms with Crippen LogP contribution in [0.2, 0.25) is 0 Å². The summed E-state index contributed by atoms with van der Waals surface area (Å²) in [5, 5.41) is 13.7. The fourth-order valence-corrected chi connectivity index (χ4v) is 2.04. The first-order valence-electron chi connectivity index (χ1n) is 7.23. The van der Waals surface area contributed by atoms with Crippen LogP contribution in [0.3, 0.4) is 0 Å². The maximum Gasteiger partial charge on any atom is 0.227 e. The third-order valence-electron chi connectivity index (χ3n) is 3.17. The van der Waals surface area contributed by atoms with Crippen molar-refractivity contribution < 1.29 is 13.9 Å². The van der Waals surface area contributed by atoms with Crippen molar-refractivity contribution in [1.82, 2.24) is 20.2 Å². The summed E-state index contributed by atoms with van der Waals surface area (Å²) >= 11 is 0. The number of halogens is 1. The lowest BCUT2D eigenvalue weighted by atomic mass is 10.2. The van der Waals surface area contributed by atoms with E-state index in [9.17, 15) is 9.18 Å². The average molecular weight is 327 g/mol. The van der Waals surface area contributed by atoms with Gasteiger partial charge in [0.1, 0.15) is 6.33 Å². The molecule has 0 saturated heterocycles. The number of hydrogen-bond donors (Lipinski definition) is 1. The number of hydrogen-bond acceptors (Lipinski definition) is 5. The van der Waals surface area contributed by atoms with Crippen molar-refractivity contribution in [3.63, 3.8) is 0 Å². The van der Waals surface area contributed by atoms with Gasteiger partial charge in [0, 0.05) is 5.69 Å². The minimum Gasteiger partial charge on any atom is -0.490 e. The maximum absolute atomic E-state index is 13.4. The van der Waals surface area contributed by atoms with Crippen LogP contribution < -0.4 is 10.1 Å². The van der Waals surface area contributed by atoms with Gasteiger partial charge < -0.3 is 10.1 Å². The molecule has 1 N–H and O–H groups in total. The normalized spacial score (nSPS) is 10.4. The number of aromatic nitrogens is 4. The number of nitrogens with zero attached hydrogens (tertiary/aromatic N) is 4. The van der Waals surface area contributed by atoms with Crippen molar-refractivity contribution in [3.8, 4) is 11.4 Å². The molecule has 3 aromatic rings. The van der Waals surface area contributed by atoms with Crippen LogP contribution in [0.15, 0.2) is 54.9 Å². The number of tetrazole rings is 1. The van der Waals surface area contributed by atoms with E-state index >= 15 is 0 Å². The Morgan fingerprint density at radius 2 is 2.08 bits per heavy atom. The Balaban J connectivity index is 1.54. The van der Waals surface area contributed by atoms with E-state index in [4.69, 9.17) is 4.74 Å². The Morgan fingerprint density at radius 3 is 2.88 bits per heavy atom. The maximum atomic E-state index is 13.4. The van der Waals surface area contributed by atoms with E-state index in [1.807, 2.05) is 6.07 Å². The van der Waals surface area contributed by atoms with Crippen molar-refractivity contribution in [2.24, 2.45) is 0 Å². The third-order valence-corrected chi connectivity index (χ3v) is 3.17. The third kappa shape index (κ3) is 3.92. The molecular formula is C16H14FN5O2. The molecule has 2 aromatic carbocycles. The largest absolute Gasteiger partial charge is 0.490 e. The first-order chi connectivity index (χ1) is 11.7. The molecule has 0 aliphatic rings. The Morgan fingerprint density at radius 1 is 1.21 bits per heavy atom. The summed E-state index contributed by atoms with van der Waals surface area (Å²) in [5.41, 5.74) is 1.33. The molecule has 3 rings (SSSR count). The van der Waals surface area contributed by atoms with E-state index in [2.05, 4.69) is 20.8 Å². The average Bonchev–Trinajstić information content (AvgIpc) is 3.11. The molecule has 24 heavy (non-hydrogen) atoms. The standard InChI is InChI=1S/C16H14FN5O2/c17-14-6-1-2-7-15(14)24-9-8-16(23)19-12-4-3-5-13(10-12)22-11-18-20-21-22/h1-7,10-11H,8-9H2,(H,19,23). The van der Waals surface area contributed by atoms with Crippen LogP contribution in [0.5, 0.6) is 5.75 Å². The van der Waals surface area contributed by atoms with Gasteiger partial charge in [-0.15, -0.1) is 5.10 Å². The second-order valence-corrected chi connectivity index (χ2v) is 4.88. The van der Waals surface area contributed by atoms with Crippen LogP contribution in [0.4, 0.5) is 10.1 Å². The van der Waals surface area contributed by atoms with Crippen molar-refractivity contribution in [2.45, 2.75) is 6.42 Å². The molecule has 0 atom stereocenters. The zero-order valence-corrected chi connectivity index (χ0v) is 12.6. The number of benzene rings is 2. The Labute approximate surface area is 137 Å². The quantitative estimate of drug-likeness (QED) is 0.750. The van der Waals surface area contributed by atoms with Crippen LogP contribution >= 0.6 is 0 Å². The summed E-state index contributed by atoms with van der Waals surface area (Å²) in [7, 11) is 0. The number of ether oxygens (including phenoxy) is 1. The fourth-order valence-electron chi connectivity index (χ4n) is 2.04. The van der Waals surface area contributed by atoms with E-state index in [1.54, 1.807) is 30.3 Å². The number of anilines is 1. The minimum absolute atomic E-state index is 0.0828. The van der Waals surface area contributed by atoms with Gasteiger partial charge in [-0.3, -0.25) is 4.79 Å². The molecule has 8 heteroatoms. The minimum atomic E-state index is -0.452. The zero-order valence-electron chi connectivity index (χ0n) is 12.6. The summed E-state index contributed by atoms with van der Waals surface area (Å²) in [6, 6.07) is 13.2. The molecular weight excluding hydrogens is 313 g/mol. The smallest absolute Gasteiger partial charge is 0.227 e. The van der Waals surface area contributed by atoms with Crippen LogP contribution in [0.25, 0.3) is 5.69 Å². The van der Waals surface area contributed by atoms with Gasteiger partial charge in [0.15, 0.2) is 11.6 Å². The number of nitrogens with one attached hydrogen (secondary N) is 1. The van der Waals surface area contributed by atoms with Gasteiger partial charge in [-0.2, -0.15) is 0 Å². The lowest BCUT2D eigenvalue weighted by Crippen LogP contribution is -2.15. The first-order valence-corrected chi connectivity index (χ1v) is 7.23. The zero-order chi connectivity index (χ0) is 16.8. The highest BCUT2D eigenvalue weighted by molar-refractivity contribution is 5.91.